The molecule has 0 radical (unpaired) electrons. The van der Waals surface area contributed by atoms with Crippen LogP contribution in [0.4, 0.5) is 0 Å². The van der Waals surface area contributed by atoms with Gasteiger partial charge < -0.3 is 9.52 Å². The molecule has 3 aromatic carbocycles. The van der Waals surface area contributed by atoms with Gasteiger partial charge >= 0.3 is 0 Å². The van der Waals surface area contributed by atoms with Gasteiger partial charge in [0, 0.05) is 5.39 Å². The summed E-state index contributed by atoms with van der Waals surface area (Å²) in [5.74, 6) is 0.104. The van der Waals surface area contributed by atoms with E-state index in [1.165, 1.54) is 0 Å². The van der Waals surface area contributed by atoms with Gasteiger partial charge in [0.05, 0.1) is 12.2 Å². The summed E-state index contributed by atoms with van der Waals surface area (Å²) in [7, 11) is 0. The van der Waals surface area contributed by atoms with Gasteiger partial charge in [-0.1, -0.05) is 42.3 Å². The molecule has 0 saturated heterocycles. The van der Waals surface area contributed by atoms with Crippen molar-refractivity contribution in [2.75, 3.05) is 0 Å². The van der Waals surface area contributed by atoms with E-state index in [9.17, 15) is 5.11 Å². The van der Waals surface area contributed by atoms with E-state index in [0.29, 0.717) is 27.5 Å². The topological polar surface area (TPSA) is 33.4 Å². The van der Waals surface area contributed by atoms with E-state index in [1.807, 2.05) is 0 Å². The number of rotatable bonds is 1. The molecule has 0 spiro atoms. The Morgan fingerprint density at radius 1 is 0.900 bits per heavy atom. The van der Waals surface area contributed by atoms with E-state index in [0.717, 1.165) is 0 Å². The van der Waals surface area contributed by atoms with Crippen LogP contribution in [0.2, 0.25) is 0 Å². The quantitative estimate of drug-likeness (QED) is 0.527. The Balaban J connectivity index is 2.04. The Hall–Kier alpha value is -2.74. The van der Waals surface area contributed by atoms with Crippen molar-refractivity contribution in [1.29, 1.82) is 0 Å². The molecule has 0 fully saturated rings. The molecule has 0 bridgehead atoms. The summed E-state index contributed by atoms with van der Waals surface area (Å²) in [6, 6.07) is 8.30. The lowest BCUT2D eigenvalue weighted by Crippen LogP contribution is -1.76. The molecule has 1 heterocycles. The third kappa shape index (κ3) is 1.58. The van der Waals surface area contributed by atoms with Crippen molar-refractivity contribution in [2.24, 2.45) is 0 Å². The van der Waals surface area contributed by atoms with Gasteiger partial charge in [0.1, 0.15) is 16.9 Å². The molecule has 1 N–H and O–H groups in total. The largest absolute Gasteiger partial charge is 0.507 e. The van der Waals surface area contributed by atoms with Gasteiger partial charge in [-0.2, -0.15) is 0 Å². The fourth-order valence-corrected chi connectivity index (χ4v) is 2.36. The third-order valence-electron chi connectivity index (χ3n) is 3.26. The molecule has 1 aromatic heterocycles. The van der Waals surface area contributed by atoms with E-state index < -0.39 is 6.04 Å². The molecule has 0 aliphatic rings. The van der Waals surface area contributed by atoms with Gasteiger partial charge in [-0.25, -0.2) is 0 Å². The molecule has 0 atom stereocenters. The number of benzene rings is 3. The number of phenols is 1. The zero-order valence-corrected chi connectivity index (χ0v) is 10.3. The normalized spacial score (nSPS) is 14.7. The lowest BCUT2D eigenvalue weighted by molar-refractivity contribution is 0.481. The van der Waals surface area contributed by atoms with Crippen molar-refractivity contribution >= 4 is 21.9 Å². The van der Waals surface area contributed by atoms with E-state index >= 15 is 0 Å². The fourth-order valence-electron chi connectivity index (χ4n) is 2.36. The van der Waals surface area contributed by atoms with Crippen molar-refractivity contribution in [1.82, 2.24) is 0 Å². The highest BCUT2D eigenvalue weighted by molar-refractivity contribution is 6.08. The highest BCUT2D eigenvalue weighted by atomic mass is 16.3. The molecule has 2 nitrogen and oxygen atoms in total. The lowest BCUT2D eigenvalue weighted by atomic mass is 10.0. The Kier molecular flexibility index (Phi) is 1.48. The van der Waals surface area contributed by atoms with Gasteiger partial charge in [-0.15, -0.1) is 0 Å². The van der Waals surface area contributed by atoms with Crippen LogP contribution >= 0.6 is 0 Å². The summed E-state index contributed by atoms with van der Waals surface area (Å²) in [5, 5.41) is 11.3. The van der Waals surface area contributed by atoms with Crippen LogP contribution < -0.4 is 0 Å². The average molecular weight is 265 g/mol. The molecule has 0 aliphatic carbocycles. The van der Waals surface area contributed by atoms with Gasteiger partial charge in [-0.3, -0.25) is 0 Å². The van der Waals surface area contributed by atoms with Crippen LogP contribution in [-0.2, 0) is 0 Å². The van der Waals surface area contributed by atoms with Crippen LogP contribution in [0.1, 0.15) is 6.85 Å². The maximum atomic E-state index is 10.0. The van der Waals surface area contributed by atoms with Crippen LogP contribution in [0.5, 0.6) is 5.75 Å². The second-order valence-corrected chi connectivity index (χ2v) is 4.46. The summed E-state index contributed by atoms with van der Waals surface area (Å²) in [6.07, 6.45) is 0. The Morgan fingerprint density at radius 3 is 2.60 bits per heavy atom. The summed E-state index contributed by atoms with van der Waals surface area (Å²) in [4.78, 5) is 0. The Labute approximate surface area is 122 Å². The first-order valence-electron chi connectivity index (χ1n) is 8.61. The Morgan fingerprint density at radius 2 is 1.75 bits per heavy atom. The first-order chi connectivity index (χ1) is 11.9. The van der Waals surface area contributed by atoms with Crippen LogP contribution in [0.15, 0.2) is 71.0 Å². The molecule has 2 heteroatoms. The van der Waals surface area contributed by atoms with Gasteiger partial charge in [-0.05, 0) is 35.4 Å². The predicted molar refractivity (Wildman–Crippen MR) is 80.8 cm³/mol. The number of hydrogen-bond donors (Lipinski definition) is 1. The monoisotopic (exact) mass is 265 g/mol. The molecule has 0 saturated carbocycles. The van der Waals surface area contributed by atoms with Crippen LogP contribution in [-0.4, -0.2) is 5.11 Å². The van der Waals surface area contributed by atoms with Crippen molar-refractivity contribution in [3.05, 3.63) is 66.6 Å². The van der Waals surface area contributed by atoms with E-state index in [2.05, 4.69) is 0 Å². The van der Waals surface area contributed by atoms with Crippen LogP contribution in [0.25, 0.3) is 33.1 Å². The molecular weight excluding hydrogens is 248 g/mol. The number of fused-ring (bicyclic) bond motifs is 3. The Bertz CT molecular complexity index is 1130. The van der Waals surface area contributed by atoms with E-state index in [1.54, 1.807) is 36.4 Å². The molecule has 0 unspecified atom stereocenters. The maximum absolute atomic E-state index is 10.0. The van der Waals surface area contributed by atoms with Crippen molar-refractivity contribution in [3.8, 4) is 16.9 Å². The third-order valence-corrected chi connectivity index (χ3v) is 3.26. The smallest absolute Gasteiger partial charge is 0.139 e. The van der Waals surface area contributed by atoms with Gasteiger partial charge in [0.25, 0.3) is 0 Å². The lowest BCUT2D eigenvalue weighted by Gasteiger charge is -2.00. The van der Waals surface area contributed by atoms with Crippen molar-refractivity contribution < 1.29 is 16.4 Å². The summed E-state index contributed by atoms with van der Waals surface area (Å²) >= 11 is 0. The highest BCUT2D eigenvalue weighted by Gasteiger charge is 2.11. The second-order valence-electron chi connectivity index (χ2n) is 4.46. The van der Waals surface area contributed by atoms with Gasteiger partial charge in [0.2, 0.25) is 0 Å². The zero-order chi connectivity index (χ0) is 17.9. The maximum Gasteiger partial charge on any atom is 0.139 e. The fraction of sp³-hybridized carbons (Fsp3) is 0. The minimum atomic E-state index is -0.423. The average Bonchev–Trinajstić information content (AvgIpc) is 2.97. The summed E-state index contributed by atoms with van der Waals surface area (Å²) in [6.45, 7) is 0. The highest BCUT2D eigenvalue weighted by Crippen LogP contribution is 2.36. The minimum absolute atomic E-state index is 0.104. The predicted octanol–water partition coefficient (Wildman–Crippen LogP) is 4.96. The van der Waals surface area contributed by atoms with Crippen LogP contribution in [0, 0.1) is 0 Å². The molecule has 96 valence electrons. The zero-order valence-electron chi connectivity index (χ0n) is 15.3. The summed E-state index contributed by atoms with van der Waals surface area (Å²) < 4.78 is 45.2. The second kappa shape index (κ2) is 4.14. The molecule has 4 aromatic rings. The molecule has 4 rings (SSSR count). The molecule has 20 heavy (non-hydrogen) atoms. The van der Waals surface area contributed by atoms with E-state index in [-0.39, 0.29) is 35.5 Å². The summed E-state index contributed by atoms with van der Waals surface area (Å²) in [5.41, 5.74) is 1.58. The molecule has 0 amide bonds. The number of phenolic OH excluding ortho intramolecular Hbond substituents is 1. The SMILES string of the molecule is [2H]c1c([2H])c([2H])c(-c2ccc3c(c2)oc2cccc(O)c23)c([2H])c1[2H]. The first-order valence-corrected chi connectivity index (χ1v) is 6.11. The number of hydrogen-bond acceptors (Lipinski definition) is 2. The van der Waals surface area contributed by atoms with Gasteiger partial charge in [0.15, 0.2) is 0 Å². The standard InChI is InChI=1S/C18H12O2/c19-15-7-4-8-16-18(15)14-10-9-13(11-17(14)20-16)12-5-2-1-3-6-12/h1-11,19H/i1D,2D,3D,5D,6D. The van der Waals surface area contributed by atoms with Crippen molar-refractivity contribution in [2.45, 2.75) is 0 Å². The van der Waals surface area contributed by atoms with Crippen LogP contribution in [0.3, 0.4) is 0 Å². The number of furan rings is 1. The molecular formula is C18H12O2. The minimum Gasteiger partial charge on any atom is -0.507 e. The van der Waals surface area contributed by atoms with Crippen molar-refractivity contribution in [3.63, 3.8) is 0 Å². The van der Waals surface area contributed by atoms with E-state index in [4.69, 9.17) is 11.3 Å². The molecule has 0 aliphatic heterocycles. The first kappa shape index (κ1) is 7.15. The number of aromatic hydroxyl groups is 1.